The van der Waals surface area contributed by atoms with Gasteiger partial charge >= 0.3 is 0 Å². The molecule has 0 fully saturated rings. The van der Waals surface area contributed by atoms with Crippen LogP contribution in [-0.2, 0) is 4.79 Å². The van der Waals surface area contributed by atoms with Crippen molar-refractivity contribution in [2.24, 2.45) is 0 Å². The second kappa shape index (κ2) is 8.35. The highest BCUT2D eigenvalue weighted by molar-refractivity contribution is 6.10. The number of amides is 1. The SMILES string of the molecule is COc1ccc([C@@H]2Nc3nc4ccccc4n3C(C)=C2C(=O)Nc2ccccc2)cc1OC. The van der Waals surface area contributed by atoms with Crippen molar-refractivity contribution in [2.75, 3.05) is 24.9 Å². The van der Waals surface area contributed by atoms with Crippen molar-refractivity contribution in [2.45, 2.75) is 13.0 Å². The number of nitrogens with zero attached hydrogens (tertiary/aromatic N) is 2. The zero-order valence-corrected chi connectivity index (χ0v) is 18.6. The molecule has 7 heteroatoms. The lowest BCUT2D eigenvalue weighted by Crippen LogP contribution is -2.30. The molecule has 7 nitrogen and oxygen atoms in total. The second-order valence-corrected chi connectivity index (χ2v) is 7.77. The van der Waals surface area contributed by atoms with E-state index >= 15 is 0 Å². The Bertz CT molecular complexity index is 1380. The van der Waals surface area contributed by atoms with Crippen molar-refractivity contribution in [3.8, 4) is 11.5 Å². The minimum Gasteiger partial charge on any atom is -0.493 e. The number of nitrogens with one attached hydrogen (secondary N) is 2. The van der Waals surface area contributed by atoms with E-state index in [0.29, 0.717) is 23.0 Å². The van der Waals surface area contributed by atoms with Crippen molar-refractivity contribution in [1.82, 2.24) is 9.55 Å². The van der Waals surface area contributed by atoms with Crippen molar-refractivity contribution >= 4 is 34.3 Å². The van der Waals surface area contributed by atoms with E-state index in [0.717, 1.165) is 28.0 Å². The second-order valence-electron chi connectivity index (χ2n) is 7.77. The number of methoxy groups -OCH3 is 2. The Morgan fingerprint density at radius 1 is 0.970 bits per heavy atom. The van der Waals surface area contributed by atoms with Crippen molar-refractivity contribution in [3.63, 3.8) is 0 Å². The van der Waals surface area contributed by atoms with Crippen LogP contribution in [-0.4, -0.2) is 29.7 Å². The largest absolute Gasteiger partial charge is 0.493 e. The summed E-state index contributed by atoms with van der Waals surface area (Å²) < 4.78 is 12.9. The summed E-state index contributed by atoms with van der Waals surface area (Å²) in [5.74, 6) is 1.72. The van der Waals surface area contributed by atoms with Crippen LogP contribution in [0.3, 0.4) is 0 Å². The van der Waals surface area contributed by atoms with Gasteiger partial charge in [-0.1, -0.05) is 36.4 Å². The molecule has 0 spiro atoms. The third-order valence-electron chi connectivity index (χ3n) is 5.87. The number of para-hydroxylation sites is 3. The van der Waals surface area contributed by atoms with E-state index in [1.165, 1.54) is 0 Å². The van der Waals surface area contributed by atoms with Crippen molar-refractivity contribution in [3.05, 3.63) is 83.9 Å². The lowest BCUT2D eigenvalue weighted by atomic mass is 9.94. The molecule has 2 N–H and O–H groups in total. The van der Waals surface area contributed by atoms with E-state index in [1.807, 2.05) is 84.3 Å². The number of anilines is 2. The third kappa shape index (κ3) is 3.57. The molecule has 1 aromatic heterocycles. The molecule has 0 saturated heterocycles. The van der Waals surface area contributed by atoms with Gasteiger partial charge in [0.25, 0.3) is 5.91 Å². The summed E-state index contributed by atoms with van der Waals surface area (Å²) in [7, 11) is 3.20. The maximum atomic E-state index is 13.6. The van der Waals surface area contributed by atoms with Crippen LogP contribution < -0.4 is 20.1 Å². The van der Waals surface area contributed by atoms with Gasteiger partial charge in [-0.3, -0.25) is 9.36 Å². The number of ether oxygens (including phenoxy) is 2. The summed E-state index contributed by atoms with van der Waals surface area (Å²) in [6.45, 7) is 1.95. The maximum absolute atomic E-state index is 13.6. The van der Waals surface area contributed by atoms with Crippen LogP contribution in [0.4, 0.5) is 11.6 Å². The van der Waals surface area contributed by atoms with E-state index in [1.54, 1.807) is 14.2 Å². The van der Waals surface area contributed by atoms with Gasteiger partial charge in [0, 0.05) is 11.4 Å². The molecule has 0 unspecified atom stereocenters. The van der Waals surface area contributed by atoms with Crippen LogP contribution in [0.1, 0.15) is 18.5 Å². The minimum atomic E-state index is -0.433. The van der Waals surface area contributed by atoms with Gasteiger partial charge in [-0.05, 0) is 48.9 Å². The van der Waals surface area contributed by atoms with Crippen molar-refractivity contribution in [1.29, 1.82) is 0 Å². The summed E-state index contributed by atoms with van der Waals surface area (Å²) in [5.41, 5.74) is 4.80. The number of carbonyl (C=O) groups excluding carboxylic acids is 1. The van der Waals surface area contributed by atoms with Gasteiger partial charge < -0.3 is 20.1 Å². The number of benzene rings is 3. The maximum Gasteiger partial charge on any atom is 0.255 e. The molecular weight excluding hydrogens is 416 g/mol. The van der Waals surface area contributed by atoms with Gasteiger partial charge in [-0.25, -0.2) is 4.98 Å². The van der Waals surface area contributed by atoms with Gasteiger partial charge in [-0.15, -0.1) is 0 Å². The molecule has 0 radical (unpaired) electrons. The summed E-state index contributed by atoms with van der Waals surface area (Å²) in [5, 5.41) is 6.51. The molecule has 4 aromatic rings. The van der Waals surface area contributed by atoms with Crippen LogP contribution in [0.15, 0.2) is 78.4 Å². The third-order valence-corrected chi connectivity index (χ3v) is 5.87. The molecule has 0 aliphatic carbocycles. The Hall–Kier alpha value is -4.26. The predicted molar refractivity (Wildman–Crippen MR) is 130 cm³/mol. The van der Waals surface area contributed by atoms with Gasteiger partial charge in [-0.2, -0.15) is 0 Å². The van der Waals surface area contributed by atoms with Crippen LogP contribution >= 0.6 is 0 Å². The molecule has 3 aromatic carbocycles. The fourth-order valence-electron chi connectivity index (χ4n) is 4.29. The van der Waals surface area contributed by atoms with Crippen LogP contribution in [0.5, 0.6) is 11.5 Å². The molecule has 5 rings (SSSR count). The lowest BCUT2D eigenvalue weighted by molar-refractivity contribution is -0.113. The highest BCUT2D eigenvalue weighted by Gasteiger charge is 2.33. The number of hydrogen-bond acceptors (Lipinski definition) is 5. The Morgan fingerprint density at radius 3 is 2.45 bits per heavy atom. The summed E-state index contributed by atoms with van der Waals surface area (Å²) in [6, 6.07) is 22.5. The van der Waals surface area contributed by atoms with Crippen molar-refractivity contribution < 1.29 is 14.3 Å². The number of imidazole rings is 1. The number of hydrogen-bond donors (Lipinski definition) is 2. The van der Waals surface area contributed by atoms with E-state index in [4.69, 9.17) is 14.5 Å². The molecule has 1 aliphatic rings. The van der Waals surface area contributed by atoms with Crippen LogP contribution in [0, 0.1) is 0 Å². The Labute approximate surface area is 191 Å². The highest BCUT2D eigenvalue weighted by atomic mass is 16.5. The first-order valence-electron chi connectivity index (χ1n) is 10.6. The molecule has 1 atom stereocenters. The highest BCUT2D eigenvalue weighted by Crippen LogP contribution is 2.40. The average molecular weight is 441 g/mol. The smallest absolute Gasteiger partial charge is 0.255 e. The Balaban J connectivity index is 1.66. The molecule has 0 saturated carbocycles. The van der Waals surface area contributed by atoms with Crippen LogP contribution in [0.2, 0.25) is 0 Å². The van der Waals surface area contributed by atoms with E-state index < -0.39 is 6.04 Å². The molecule has 0 bridgehead atoms. The predicted octanol–water partition coefficient (Wildman–Crippen LogP) is 5.09. The summed E-state index contributed by atoms with van der Waals surface area (Å²) in [4.78, 5) is 18.4. The van der Waals surface area contributed by atoms with E-state index in [-0.39, 0.29) is 5.91 Å². The molecule has 33 heavy (non-hydrogen) atoms. The molecule has 2 heterocycles. The standard InChI is InChI=1S/C26H24N4O3/c1-16-23(25(31)27-18-9-5-4-6-10-18)24(17-13-14-21(32-2)22(15-17)33-3)29-26-28-19-11-7-8-12-20(19)30(16)26/h4-15,24H,1-3H3,(H,27,31)(H,28,29)/t24-/m0/s1. The topological polar surface area (TPSA) is 77.4 Å². The fourth-order valence-corrected chi connectivity index (χ4v) is 4.29. The monoisotopic (exact) mass is 440 g/mol. The van der Waals surface area contributed by atoms with Gasteiger partial charge in [0.2, 0.25) is 5.95 Å². The fraction of sp³-hybridized carbons (Fsp3) is 0.154. The van der Waals surface area contributed by atoms with Gasteiger partial charge in [0.1, 0.15) is 0 Å². The number of allylic oxidation sites excluding steroid dienone is 1. The van der Waals surface area contributed by atoms with Gasteiger partial charge in [0.05, 0.1) is 36.9 Å². The van der Waals surface area contributed by atoms with Gasteiger partial charge in [0.15, 0.2) is 11.5 Å². The Kier molecular flexibility index (Phi) is 5.22. The van der Waals surface area contributed by atoms with E-state index in [9.17, 15) is 4.79 Å². The summed E-state index contributed by atoms with van der Waals surface area (Å²) in [6.07, 6.45) is 0. The first kappa shape index (κ1) is 20.6. The Morgan fingerprint density at radius 2 is 1.70 bits per heavy atom. The molecule has 1 aliphatic heterocycles. The van der Waals surface area contributed by atoms with Crippen LogP contribution in [0.25, 0.3) is 16.7 Å². The molecule has 166 valence electrons. The summed E-state index contributed by atoms with van der Waals surface area (Å²) >= 11 is 0. The normalized spacial score (nSPS) is 15.1. The zero-order chi connectivity index (χ0) is 22.9. The average Bonchev–Trinajstić information content (AvgIpc) is 3.22. The lowest BCUT2D eigenvalue weighted by Gasteiger charge is -2.30. The molecular formula is C26H24N4O3. The quantitative estimate of drug-likeness (QED) is 0.452. The zero-order valence-electron chi connectivity index (χ0n) is 18.6. The first-order valence-corrected chi connectivity index (χ1v) is 10.6. The number of aromatic nitrogens is 2. The minimum absolute atomic E-state index is 0.186. The van der Waals surface area contributed by atoms with E-state index in [2.05, 4.69) is 10.6 Å². The first-order chi connectivity index (χ1) is 16.1. The molecule has 1 amide bonds. The number of fused-ring (bicyclic) bond motifs is 3. The number of rotatable bonds is 5. The number of carbonyl (C=O) groups is 1.